The lowest BCUT2D eigenvalue weighted by molar-refractivity contribution is -0.139. The van der Waals surface area contributed by atoms with Crippen LogP contribution < -0.4 is 11.1 Å². The number of hydrogen-bond donors (Lipinski definition) is 2. The van der Waals surface area contributed by atoms with Gasteiger partial charge in [-0.2, -0.15) is 0 Å². The van der Waals surface area contributed by atoms with Gasteiger partial charge in [-0.05, 0) is 18.9 Å². The van der Waals surface area contributed by atoms with Crippen LogP contribution in [0.5, 0.6) is 0 Å². The molecular weight excluding hydrogens is 414 g/mol. The number of aryl methyl sites for hydroxylation is 1. The Balaban J connectivity index is 1.41. The third-order valence-electron chi connectivity index (χ3n) is 4.60. The van der Waals surface area contributed by atoms with Crippen LogP contribution in [0.4, 0.5) is 5.13 Å². The summed E-state index contributed by atoms with van der Waals surface area (Å²) in [6, 6.07) is 1.83. The fourth-order valence-electron chi connectivity index (χ4n) is 3.10. The molecule has 0 atom stereocenters. The number of amides is 1. The molecule has 0 spiro atoms. The number of Topliss-reactive ketones (excluding diaryl/α,β-unsaturated/α-hetero) is 1. The first-order valence-electron chi connectivity index (χ1n) is 9.30. The average molecular weight is 438 g/mol. The third kappa shape index (κ3) is 6.04. The molecule has 29 heavy (non-hydrogen) atoms. The molecule has 9 nitrogen and oxygen atoms in total. The minimum atomic E-state index is -0.630. The minimum absolute atomic E-state index is 0.0344. The van der Waals surface area contributed by atoms with Gasteiger partial charge < -0.3 is 20.4 Å². The first-order valence-corrected chi connectivity index (χ1v) is 11.1. The molecule has 0 radical (unpaired) electrons. The predicted molar refractivity (Wildman–Crippen MR) is 110 cm³/mol. The van der Waals surface area contributed by atoms with Crippen LogP contribution in [0.1, 0.15) is 53.0 Å². The van der Waals surface area contributed by atoms with Crippen molar-refractivity contribution in [2.24, 2.45) is 12.8 Å². The highest BCUT2D eigenvalue weighted by molar-refractivity contribution is 8.01. The second kappa shape index (κ2) is 9.88. The van der Waals surface area contributed by atoms with Gasteiger partial charge in [0.15, 0.2) is 10.9 Å². The summed E-state index contributed by atoms with van der Waals surface area (Å²) in [4.78, 5) is 35.3. The molecule has 2 aromatic rings. The SMILES string of the molecule is Cn1cc(C(=O)COC(=O)CSc2nnc(NC3CCCCC3)s2)cc1C(N)=O. The van der Waals surface area contributed by atoms with E-state index in [0.29, 0.717) is 10.4 Å². The Hall–Kier alpha value is -2.40. The quantitative estimate of drug-likeness (QED) is 0.347. The average Bonchev–Trinajstić information content (AvgIpc) is 3.31. The Morgan fingerprint density at radius 3 is 2.76 bits per heavy atom. The van der Waals surface area contributed by atoms with E-state index in [1.54, 1.807) is 7.05 Å². The number of hydrogen-bond acceptors (Lipinski definition) is 9. The molecule has 0 unspecified atom stereocenters. The molecule has 3 N–H and O–H groups in total. The standard InChI is InChI=1S/C18H23N5O4S2/c1-23-8-11(7-13(23)16(19)26)14(24)9-27-15(25)10-28-18-22-21-17(29-18)20-12-5-3-2-4-6-12/h7-8,12H,2-6,9-10H2,1H3,(H2,19,26)(H,20,21). The number of thioether (sulfide) groups is 1. The smallest absolute Gasteiger partial charge is 0.316 e. The van der Waals surface area contributed by atoms with Crippen molar-refractivity contribution in [3.8, 4) is 0 Å². The van der Waals surface area contributed by atoms with Gasteiger partial charge in [0.1, 0.15) is 5.69 Å². The third-order valence-corrected chi connectivity index (χ3v) is 6.56. The summed E-state index contributed by atoms with van der Waals surface area (Å²) < 4.78 is 7.15. The maximum atomic E-state index is 12.1. The first-order chi connectivity index (χ1) is 13.9. The summed E-state index contributed by atoms with van der Waals surface area (Å²) in [5.41, 5.74) is 5.71. The van der Waals surface area contributed by atoms with Gasteiger partial charge in [0.2, 0.25) is 10.9 Å². The summed E-state index contributed by atoms with van der Waals surface area (Å²) in [5.74, 6) is -1.52. The molecule has 1 fully saturated rings. The zero-order chi connectivity index (χ0) is 20.8. The highest BCUT2D eigenvalue weighted by atomic mass is 32.2. The first kappa shape index (κ1) is 21.3. The van der Waals surface area contributed by atoms with Crippen LogP contribution in [0.3, 0.4) is 0 Å². The highest BCUT2D eigenvalue weighted by Crippen LogP contribution is 2.28. The number of anilines is 1. The van der Waals surface area contributed by atoms with E-state index < -0.39 is 24.3 Å². The van der Waals surface area contributed by atoms with Gasteiger partial charge in [-0.3, -0.25) is 14.4 Å². The summed E-state index contributed by atoms with van der Waals surface area (Å²) >= 11 is 2.63. The number of carbonyl (C=O) groups excluding carboxylic acids is 3. The van der Waals surface area contributed by atoms with Crippen molar-refractivity contribution in [1.29, 1.82) is 0 Å². The number of aromatic nitrogens is 3. The van der Waals surface area contributed by atoms with E-state index >= 15 is 0 Å². The summed E-state index contributed by atoms with van der Waals surface area (Å²) in [7, 11) is 1.61. The van der Waals surface area contributed by atoms with Gasteiger partial charge in [0, 0.05) is 24.8 Å². The predicted octanol–water partition coefficient (Wildman–Crippen LogP) is 2.24. The number of ether oxygens (including phenoxy) is 1. The van der Waals surface area contributed by atoms with E-state index in [1.165, 1.54) is 59.2 Å². The van der Waals surface area contributed by atoms with Crippen LogP contribution in [0, 0.1) is 0 Å². The number of nitrogens with two attached hydrogens (primary N) is 1. The Morgan fingerprint density at radius 1 is 1.31 bits per heavy atom. The minimum Gasteiger partial charge on any atom is -0.457 e. The van der Waals surface area contributed by atoms with Crippen molar-refractivity contribution in [3.63, 3.8) is 0 Å². The van der Waals surface area contributed by atoms with Gasteiger partial charge >= 0.3 is 5.97 Å². The number of esters is 1. The van der Waals surface area contributed by atoms with Gasteiger partial charge in [0.05, 0.1) is 5.75 Å². The van der Waals surface area contributed by atoms with Crippen molar-refractivity contribution < 1.29 is 19.1 Å². The molecule has 2 aromatic heterocycles. The molecule has 1 aliphatic rings. The molecule has 11 heteroatoms. The van der Waals surface area contributed by atoms with Crippen LogP contribution in [0.25, 0.3) is 0 Å². The topological polar surface area (TPSA) is 129 Å². The lowest BCUT2D eigenvalue weighted by atomic mass is 9.96. The van der Waals surface area contributed by atoms with Crippen LogP contribution in [-0.4, -0.2) is 50.8 Å². The molecule has 1 amide bonds. The molecule has 1 aliphatic carbocycles. The normalized spacial score (nSPS) is 14.5. The highest BCUT2D eigenvalue weighted by Gasteiger charge is 2.17. The largest absolute Gasteiger partial charge is 0.457 e. The fourth-order valence-corrected chi connectivity index (χ4v) is 4.73. The van der Waals surface area contributed by atoms with Crippen LogP contribution in [0.2, 0.25) is 0 Å². The number of primary amides is 1. The molecule has 2 heterocycles. The van der Waals surface area contributed by atoms with Crippen molar-refractivity contribution >= 4 is 45.9 Å². The fraction of sp³-hybridized carbons (Fsp3) is 0.500. The second-order valence-corrected chi connectivity index (χ2v) is 9.01. The zero-order valence-corrected chi connectivity index (χ0v) is 17.7. The molecule has 0 saturated heterocycles. The van der Waals surface area contributed by atoms with Crippen molar-refractivity contribution in [3.05, 3.63) is 23.5 Å². The molecule has 0 bridgehead atoms. The van der Waals surface area contributed by atoms with Gasteiger partial charge in [-0.15, -0.1) is 10.2 Å². The lowest BCUT2D eigenvalue weighted by Gasteiger charge is -2.21. The van der Waals surface area contributed by atoms with E-state index in [0.717, 1.165) is 18.0 Å². The van der Waals surface area contributed by atoms with Gasteiger partial charge in [-0.25, -0.2) is 0 Å². The molecule has 0 aliphatic heterocycles. The van der Waals surface area contributed by atoms with E-state index in [2.05, 4.69) is 15.5 Å². The zero-order valence-electron chi connectivity index (χ0n) is 16.1. The summed E-state index contributed by atoms with van der Waals surface area (Å²) in [6.45, 7) is -0.397. The molecule has 1 saturated carbocycles. The number of ketones is 1. The number of carbonyl (C=O) groups is 3. The summed E-state index contributed by atoms with van der Waals surface area (Å²) in [5, 5.41) is 12.3. The number of nitrogens with zero attached hydrogens (tertiary/aromatic N) is 3. The van der Waals surface area contributed by atoms with E-state index in [4.69, 9.17) is 10.5 Å². The maximum Gasteiger partial charge on any atom is 0.316 e. The van der Waals surface area contributed by atoms with Crippen molar-refractivity contribution in [2.45, 2.75) is 42.5 Å². The Morgan fingerprint density at radius 2 is 2.07 bits per heavy atom. The van der Waals surface area contributed by atoms with Crippen LogP contribution >= 0.6 is 23.1 Å². The molecule has 156 valence electrons. The van der Waals surface area contributed by atoms with Gasteiger partial charge in [0.25, 0.3) is 5.91 Å². The Bertz CT molecular complexity index is 889. The second-order valence-electron chi connectivity index (χ2n) is 6.81. The molecule has 3 rings (SSSR count). The number of rotatable bonds is 9. The monoisotopic (exact) mass is 437 g/mol. The molecular formula is C18H23N5O4S2. The Labute approximate surface area is 176 Å². The van der Waals surface area contributed by atoms with Crippen molar-refractivity contribution in [1.82, 2.24) is 14.8 Å². The van der Waals surface area contributed by atoms with Crippen LogP contribution in [-0.2, 0) is 16.6 Å². The number of nitrogens with one attached hydrogen (secondary N) is 1. The lowest BCUT2D eigenvalue weighted by Crippen LogP contribution is -2.21. The van der Waals surface area contributed by atoms with Crippen LogP contribution in [0.15, 0.2) is 16.6 Å². The Kier molecular flexibility index (Phi) is 7.26. The van der Waals surface area contributed by atoms with E-state index in [1.807, 2.05) is 0 Å². The summed E-state index contributed by atoms with van der Waals surface area (Å²) in [6.07, 6.45) is 7.52. The van der Waals surface area contributed by atoms with E-state index in [9.17, 15) is 14.4 Å². The molecule has 0 aromatic carbocycles. The maximum absolute atomic E-state index is 12.1. The van der Waals surface area contributed by atoms with Gasteiger partial charge in [-0.1, -0.05) is 42.4 Å². The van der Waals surface area contributed by atoms with Crippen molar-refractivity contribution in [2.75, 3.05) is 17.7 Å². The van der Waals surface area contributed by atoms with E-state index in [-0.39, 0.29) is 17.0 Å².